The fourth-order valence-electron chi connectivity index (χ4n) is 3.13. The van der Waals surface area contributed by atoms with Crippen LogP contribution in [0.5, 0.6) is 0 Å². The maximum absolute atomic E-state index is 11.4. The summed E-state index contributed by atoms with van der Waals surface area (Å²) in [7, 11) is -2.51. The van der Waals surface area contributed by atoms with E-state index in [1.54, 1.807) is 0 Å². The number of rotatable bonds is 11. The van der Waals surface area contributed by atoms with Crippen molar-refractivity contribution in [1.82, 2.24) is 10.2 Å². The van der Waals surface area contributed by atoms with Gasteiger partial charge in [0.05, 0.1) is 12.1 Å². The molecule has 1 saturated heterocycles. The van der Waals surface area contributed by atoms with Gasteiger partial charge in [-0.25, -0.2) is 0 Å². The summed E-state index contributed by atoms with van der Waals surface area (Å²) in [5, 5.41) is 3.48. The molecular weight excluding hydrogens is 563 g/mol. The maximum atomic E-state index is 11.4. The zero-order valence-electron chi connectivity index (χ0n) is 18.9. The van der Waals surface area contributed by atoms with Crippen molar-refractivity contribution in [3.05, 3.63) is 24.6 Å². The Morgan fingerprint density at radius 3 is 2.38 bits per heavy atom. The van der Waals surface area contributed by atoms with Crippen LogP contribution in [0, 0.1) is 11.8 Å². The van der Waals surface area contributed by atoms with Gasteiger partial charge >= 0.3 is 7.60 Å². The fourth-order valence-corrected chi connectivity index (χ4v) is 3.54. The van der Waals surface area contributed by atoms with Crippen LogP contribution in [0.3, 0.4) is 0 Å². The van der Waals surface area contributed by atoms with Crippen molar-refractivity contribution in [2.45, 2.75) is 65.6 Å². The van der Waals surface area contributed by atoms with E-state index in [1.165, 1.54) is 7.11 Å². The minimum Gasteiger partial charge on any atom is -0.383 e. The summed E-state index contributed by atoms with van der Waals surface area (Å²) < 4.78 is 26.9. The number of hydrogen-bond donors (Lipinski definition) is 2. The summed E-state index contributed by atoms with van der Waals surface area (Å²) in [6, 6.07) is 0.0702. The minimum atomic E-state index is -3.69. The number of ether oxygens (including phenoxy) is 2. The second kappa shape index (κ2) is 12.0. The third kappa shape index (κ3) is 9.67. The van der Waals surface area contributed by atoms with Crippen molar-refractivity contribution in [2.75, 3.05) is 26.8 Å². The largest absolute Gasteiger partial charge is 0.383 e. The average molecular weight is 602 g/mol. The molecule has 0 amide bonds. The molecule has 0 aromatic heterocycles. The first kappa shape index (κ1) is 28.8. The fraction of sp³-hybridized carbons (Fsp3) is 0.800. The van der Waals surface area contributed by atoms with Gasteiger partial charge in [-0.2, -0.15) is 0 Å². The van der Waals surface area contributed by atoms with Crippen LogP contribution >= 0.6 is 7.60 Å². The van der Waals surface area contributed by atoms with Gasteiger partial charge in [-0.05, 0) is 32.6 Å². The molecule has 4 atom stereocenters. The summed E-state index contributed by atoms with van der Waals surface area (Å²) in [4.78, 5) is 11.6. The van der Waals surface area contributed by atoms with E-state index in [0.29, 0.717) is 18.4 Å². The van der Waals surface area contributed by atoms with Crippen LogP contribution in [-0.2, 0) is 39.6 Å². The Kier molecular flexibility index (Phi) is 12.0. The molecule has 1 aliphatic rings. The third-order valence-corrected chi connectivity index (χ3v) is 6.10. The molecule has 1 fully saturated rings. The predicted octanol–water partition coefficient (Wildman–Crippen LogP) is 3.91. The quantitative estimate of drug-likeness (QED) is 0.211. The molecule has 0 spiro atoms. The molecule has 1 aliphatic heterocycles. The van der Waals surface area contributed by atoms with Gasteiger partial charge in [0, 0.05) is 58.1 Å². The number of allylic oxidation sites excluding steroid dienone is 1. The van der Waals surface area contributed by atoms with E-state index < -0.39 is 13.9 Å². The van der Waals surface area contributed by atoms with E-state index in [2.05, 4.69) is 69.4 Å². The van der Waals surface area contributed by atoms with Crippen LogP contribution in [0.15, 0.2) is 24.6 Å². The summed E-state index contributed by atoms with van der Waals surface area (Å²) >= 11 is 0. The second-order valence-electron chi connectivity index (χ2n) is 8.89. The van der Waals surface area contributed by atoms with E-state index in [4.69, 9.17) is 9.47 Å². The molecule has 1 rings (SSSR count). The Morgan fingerprint density at radius 1 is 1.31 bits per heavy atom. The van der Waals surface area contributed by atoms with E-state index in [-0.39, 0.29) is 45.5 Å². The molecule has 29 heavy (non-hydrogen) atoms. The topological polar surface area (TPSA) is 80.3 Å². The van der Waals surface area contributed by atoms with Gasteiger partial charge in [0.15, 0.2) is 6.35 Å². The van der Waals surface area contributed by atoms with Crippen LogP contribution in [0.2, 0.25) is 0 Å². The maximum Gasteiger partial charge on any atom is 0.353 e. The molecule has 0 aromatic carbocycles. The average Bonchev–Trinajstić information content (AvgIpc) is 3.00. The van der Waals surface area contributed by atoms with Gasteiger partial charge in [0.2, 0.25) is 0 Å². The molecule has 0 aliphatic carbocycles. The van der Waals surface area contributed by atoms with Crippen LogP contribution in [0.1, 0.15) is 48.0 Å². The molecule has 170 valence electrons. The molecule has 4 unspecified atom stereocenters. The Hall–Kier alpha value is -0.162. The standard InChI is InChI=1S/C20H39N2O5P.W/c1-14(2)15(3)17(5)22-11-18(27-12-26-13-28(23,24)25-9)10-19(22)16(4)21-20(6,7)8;/h14-15,18-19,21H,4-5,10-13H2,1-3,6-9H3,(H,23,24);. The number of likely N-dealkylation sites (tertiary alicyclic amines) is 1. The molecule has 0 aromatic rings. The second-order valence-corrected chi connectivity index (χ2v) is 10.8. The monoisotopic (exact) mass is 602 g/mol. The van der Waals surface area contributed by atoms with Crippen molar-refractivity contribution >= 4 is 7.60 Å². The van der Waals surface area contributed by atoms with Crippen LogP contribution in [0.25, 0.3) is 0 Å². The van der Waals surface area contributed by atoms with Crippen LogP contribution in [0.4, 0.5) is 0 Å². The van der Waals surface area contributed by atoms with Crippen LogP contribution in [-0.4, -0.2) is 54.3 Å². The molecular formula is C20H39N2O5PW. The Labute approximate surface area is 191 Å². The van der Waals surface area contributed by atoms with Gasteiger partial charge in [-0.3, -0.25) is 4.57 Å². The normalized spacial score (nSPS) is 22.7. The Balaban J connectivity index is 0.00000784. The van der Waals surface area contributed by atoms with Crippen molar-refractivity contribution in [3.63, 3.8) is 0 Å². The molecule has 0 radical (unpaired) electrons. The third-order valence-electron chi connectivity index (χ3n) is 5.02. The van der Waals surface area contributed by atoms with E-state index in [9.17, 15) is 9.46 Å². The van der Waals surface area contributed by atoms with E-state index in [0.717, 1.165) is 17.8 Å². The number of nitrogens with zero attached hydrogens (tertiary/aromatic N) is 1. The summed E-state index contributed by atoms with van der Waals surface area (Å²) in [6.07, 6.45) is 0.273. The summed E-state index contributed by atoms with van der Waals surface area (Å²) in [5.74, 6) is 0.815. The number of nitrogens with one attached hydrogen (secondary N) is 1. The summed E-state index contributed by atoms with van der Waals surface area (Å²) in [6.45, 7) is 22.1. The van der Waals surface area contributed by atoms with E-state index in [1.807, 2.05) is 0 Å². The van der Waals surface area contributed by atoms with E-state index >= 15 is 0 Å². The number of hydrogen-bond acceptors (Lipinski definition) is 6. The van der Waals surface area contributed by atoms with Crippen molar-refractivity contribution in [2.24, 2.45) is 11.8 Å². The van der Waals surface area contributed by atoms with Gasteiger partial charge in [0.25, 0.3) is 0 Å². The minimum absolute atomic E-state index is 0. The molecule has 0 saturated carbocycles. The van der Waals surface area contributed by atoms with Gasteiger partial charge in [-0.15, -0.1) is 0 Å². The zero-order chi connectivity index (χ0) is 21.7. The molecule has 0 bridgehead atoms. The predicted molar refractivity (Wildman–Crippen MR) is 113 cm³/mol. The van der Waals surface area contributed by atoms with Crippen molar-refractivity contribution in [3.8, 4) is 0 Å². The zero-order valence-corrected chi connectivity index (χ0v) is 22.8. The smallest absolute Gasteiger partial charge is 0.353 e. The molecule has 1 heterocycles. The van der Waals surface area contributed by atoms with Gasteiger partial charge in [-0.1, -0.05) is 33.9 Å². The first-order valence-corrected chi connectivity index (χ1v) is 11.5. The molecule has 7 nitrogen and oxygen atoms in total. The Bertz CT molecular complexity index is 594. The van der Waals surface area contributed by atoms with Crippen molar-refractivity contribution in [1.29, 1.82) is 0 Å². The Morgan fingerprint density at radius 2 is 1.90 bits per heavy atom. The molecule has 9 heteroatoms. The van der Waals surface area contributed by atoms with Gasteiger partial charge in [0.1, 0.15) is 6.79 Å². The first-order chi connectivity index (χ1) is 12.8. The van der Waals surface area contributed by atoms with Gasteiger partial charge < -0.3 is 29.1 Å². The SMILES string of the molecule is C=C(NC(C)(C)C)C1CC(OCOCP(=O)(O)OC)CN1C(=C)C(C)C(C)C.[W]. The summed E-state index contributed by atoms with van der Waals surface area (Å²) in [5.41, 5.74) is 1.93. The van der Waals surface area contributed by atoms with Crippen LogP contribution < -0.4 is 5.32 Å². The first-order valence-electron chi connectivity index (χ1n) is 9.76. The van der Waals surface area contributed by atoms with Crippen molar-refractivity contribution < 1.29 is 44.5 Å². The molecule has 2 N–H and O–H groups in total.